The molecular weight excluding hydrogens is 256 g/mol. The number of rotatable bonds is 3. The Bertz CT molecular complexity index is 570. The predicted octanol–water partition coefficient (Wildman–Crippen LogP) is 2.56. The van der Waals surface area contributed by atoms with E-state index in [4.69, 9.17) is 0 Å². The smallest absolute Gasteiger partial charge is 0.216 e. The highest BCUT2D eigenvalue weighted by molar-refractivity contribution is 5.84. The van der Waals surface area contributed by atoms with Crippen molar-refractivity contribution in [2.75, 3.05) is 0 Å². The number of hydrogen-bond donors (Lipinski definition) is 1. The number of fused-ring (bicyclic) bond motifs is 2. The van der Waals surface area contributed by atoms with Gasteiger partial charge in [-0.3, -0.25) is 15.1 Å². The molecule has 4 unspecified atom stereocenters. The van der Waals surface area contributed by atoms with Crippen LogP contribution in [0.25, 0.3) is 0 Å². The van der Waals surface area contributed by atoms with E-state index in [1.807, 2.05) is 25.1 Å². The van der Waals surface area contributed by atoms with E-state index in [0.29, 0.717) is 12.3 Å². The molecule has 1 N–H and O–H groups in total. The summed E-state index contributed by atoms with van der Waals surface area (Å²) in [5, 5.41) is 20.8. The number of phenols is 1. The van der Waals surface area contributed by atoms with Crippen molar-refractivity contribution in [1.82, 2.24) is 0 Å². The Morgan fingerprint density at radius 1 is 1.35 bits per heavy atom. The van der Waals surface area contributed by atoms with E-state index in [0.717, 1.165) is 24.0 Å². The first-order valence-electron chi connectivity index (χ1n) is 7.01. The highest BCUT2D eigenvalue weighted by Crippen LogP contribution is 2.47. The third kappa shape index (κ3) is 2.17. The van der Waals surface area contributed by atoms with Crippen molar-refractivity contribution >= 4 is 6.21 Å². The molecule has 0 heterocycles. The second kappa shape index (κ2) is 4.89. The lowest BCUT2D eigenvalue weighted by Gasteiger charge is -2.20. The molecule has 5 nitrogen and oxygen atoms in total. The first kappa shape index (κ1) is 13.1. The first-order valence-corrected chi connectivity index (χ1v) is 7.01. The van der Waals surface area contributed by atoms with Crippen molar-refractivity contribution in [1.29, 1.82) is 0 Å². The van der Waals surface area contributed by atoms with E-state index in [-0.39, 0.29) is 28.7 Å². The second-order valence-electron chi connectivity index (χ2n) is 5.94. The molecule has 106 valence electrons. The fourth-order valence-electron chi connectivity index (χ4n) is 3.62. The average molecular weight is 274 g/mol. The molecule has 2 fully saturated rings. The van der Waals surface area contributed by atoms with Gasteiger partial charge in [-0.25, -0.2) is 0 Å². The van der Waals surface area contributed by atoms with Gasteiger partial charge in [0.05, 0.1) is 6.04 Å². The minimum atomic E-state index is -0.362. The van der Waals surface area contributed by atoms with Crippen molar-refractivity contribution in [3.05, 3.63) is 39.4 Å². The summed E-state index contributed by atoms with van der Waals surface area (Å²) in [5.74, 6) is 0.782. The number of benzene rings is 1. The summed E-state index contributed by atoms with van der Waals surface area (Å²) in [6.07, 6.45) is 4.10. The van der Waals surface area contributed by atoms with Crippen LogP contribution in [-0.2, 0) is 0 Å². The van der Waals surface area contributed by atoms with E-state index < -0.39 is 0 Å². The van der Waals surface area contributed by atoms with Crippen molar-refractivity contribution in [3.63, 3.8) is 0 Å². The van der Waals surface area contributed by atoms with Crippen molar-refractivity contribution < 1.29 is 10.0 Å². The Morgan fingerprint density at radius 2 is 2.15 bits per heavy atom. The minimum Gasteiger partial charge on any atom is -0.507 e. The van der Waals surface area contributed by atoms with Crippen LogP contribution in [-0.4, -0.2) is 28.3 Å². The zero-order chi connectivity index (χ0) is 14.3. The zero-order valence-electron chi connectivity index (χ0n) is 11.4. The number of hydrogen-bond acceptors (Lipinski definition) is 4. The molecular formula is C15H18N2O3. The fourth-order valence-corrected chi connectivity index (χ4v) is 3.62. The molecule has 3 rings (SSSR count). The number of aliphatic imine (C=N–C) groups is 1. The maximum absolute atomic E-state index is 10.9. The van der Waals surface area contributed by atoms with E-state index in [2.05, 4.69) is 4.99 Å². The molecule has 0 saturated heterocycles. The van der Waals surface area contributed by atoms with Crippen LogP contribution in [0.2, 0.25) is 0 Å². The Labute approximate surface area is 117 Å². The van der Waals surface area contributed by atoms with Gasteiger partial charge < -0.3 is 5.11 Å². The van der Waals surface area contributed by atoms with Crippen molar-refractivity contribution in [2.45, 2.75) is 38.3 Å². The monoisotopic (exact) mass is 274 g/mol. The van der Waals surface area contributed by atoms with Gasteiger partial charge in [0.15, 0.2) is 0 Å². The highest BCUT2D eigenvalue weighted by Gasteiger charge is 2.51. The van der Waals surface area contributed by atoms with E-state index in [9.17, 15) is 15.2 Å². The Balaban J connectivity index is 1.70. The first-order chi connectivity index (χ1) is 9.56. The lowest BCUT2D eigenvalue weighted by Crippen LogP contribution is -2.30. The number of para-hydroxylation sites is 1. The standard InChI is InChI=1S/C15H18N2O3/c1-9-3-2-4-10(15(9)18)8-16-13-6-12-5-11(13)7-14(12)17(19)20/h2-4,8,11-14,18H,5-7H2,1H3. The lowest BCUT2D eigenvalue weighted by atomic mass is 9.92. The molecule has 0 radical (unpaired) electrons. The van der Waals surface area contributed by atoms with Crippen LogP contribution in [0.15, 0.2) is 23.2 Å². The number of aryl methyl sites for hydroxylation is 1. The topological polar surface area (TPSA) is 75.7 Å². The van der Waals surface area contributed by atoms with Gasteiger partial charge in [0.2, 0.25) is 6.04 Å². The molecule has 2 aliphatic carbocycles. The van der Waals surface area contributed by atoms with Gasteiger partial charge in [0.25, 0.3) is 0 Å². The predicted molar refractivity (Wildman–Crippen MR) is 75.8 cm³/mol. The molecule has 5 heteroatoms. The van der Waals surface area contributed by atoms with Crippen LogP contribution in [0.3, 0.4) is 0 Å². The van der Waals surface area contributed by atoms with Gasteiger partial charge in [-0.2, -0.15) is 0 Å². The van der Waals surface area contributed by atoms with E-state index in [1.54, 1.807) is 6.21 Å². The van der Waals surface area contributed by atoms with Crippen LogP contribution in [0, 0.1) is 28.9 Å². The van der Waals surface area contributed by atoms with Crippen molar-refractivity contribution in [2.24, 2.45) is 16.8 Å². The van der Waals surface area contributed by atoms with Gasteiger partial charge in [0, 0.05) is 29.0 Å². The zero-order valence-corrected chi connectivity index (χ0v) is 11.4. The number of nitro groups is 1. The Morgan fingerprint density at radius 3 is 2.80 bits per heavy atom. The summed E-state index contributed by atoms with van der Waals surface area (Å²) in [7, 11) is 0. The highest BCUT2D eigenvalue weighted by atomic mass is 16.6. The van der Waals surface area contributed by atoms with Crippen molar-refractivity contribution in [3.8, 4) is 5.75 Å². The number of phenolic OH excluding ortho intramolecular Hbond substituents is 1. The molecule has 0 spiro atoms. The van der Waals surface area contributed by atoms with Gasteiger partial charge in [-0.05, 0) is 37.3 Å². The summed E-state index contributed by atoms with van der Waals surface area (Å²) >= 11 is 0. The SMILES string of the molecule is Cc1cccc(C=NC2CC3CC2CC3[N+](=O)[O-])c1O. The van der Waals surface area contributed by atoms with Crippen LogP contribution in [0.4, 0.5) is 0 Å². The maximum Gasteiger partial charge on any atom is 0.216 e. The molecule has 0 amide bonds. The number of aromatic hydroxyl groups is 1. The molecule has 20 heavy (non-hydrogen) atoms. The molecule has 2 bridgehead atoms. The summed E-state index contributed by atoms with van der Waals surface area (Å²) in [6, 6.07) is 5.39. The quantitative estimate of drug-likeness (QED) is 0.523. The normalized spacial score (nSPS) is 32.0. The van der Waals surface area contributed by atoms with Crippen LogP contribution < -0.4 is 0 Å². The van der Waals surface area contributed by atoms with Crippen LogP contribution >= 0.6 is 0 Å². The van der Waals surface area contributed by atoms with Crippen LogP contribution in [0.5, 0.6) is 5.75 Å². The summed E-state index contributed by atoms with van der Waals surface area (Å²) in [6.45, 7) is 1.85. The molecule has 0 aromatic heterocycles. The minimum absolute atomic E-state index is 0.128. The molecule has 0 aliphatic heterocycles. The van der Waals surface area contributed by atoms with Gasteiger partial charge in [0.1, 0.15) is 5.75 Å². The lowest BCUT2D eigenvalue weighted by molar-refractivity contribution is -0.530. The summed E-state index contributed by atoms with van der Waals surface area (Å²) < 4.78 is 0. The van der Waals surface area contributed by atoms with E-state index >= 15 is 0 Å². The van der Waals surface area contributed by atoms with Gasteiger partial charge in [-0.15, -0.1) is 0 Å². The molecule has 1 aromatic rings. The van der Waals surface area contributed by atoms with E-state index in [1.165, 1.54) is 0 Å². The molecule has 2 saturated carbocycles. The van der Waals surface area contributed by atoms with Crippen LogP contribution in [0.1, 0.15) is 30.4 Å². The molecule has 1 aromatic carbocycles. The fraction of sp³-hybridized carbons (Fsp3) is 0.533. The maximum atomic E-state index is 10.9. The third-order valence-electron chi connectivity index (χ3n) is 4.73. The second-order valence-corrected chi connectivity index (χ2v) is 5.94. The Hall–Kier alpha value is -1.91. The van der Waals surface area contributed by atoms with Gasteiger partial charge >= 0.3 is 0 Å². The Kier molecular flexibility index (Phi) is 3.20. The summed E-state index contributed by atoms with van der Waals surface area (Å²) in [5.41, 5.74) is 1.55. The molecule has 2 aliphatic rings. The summed E-state index contributed by atoms with van der Waals surface area (Å²) in [4.78, 5) is 15.3. The largest absolute Gasteiger partial charge is 0.507 e. The third-order valence-corrected chi connectivity index (χ3v) is 4.73. The molecule has 4 atom stereocenters. The number of nitrogens with zero attached hydrogens (tertiary/aromatic N) is 2. The average Bonchev–Trinajstić information content (AvgIpc) is 3.00. The van der Waals surface area contributed by atoms with Gasteiger partial charge in [-0.1, -0.05) is 12.1 Å².